The standard InChI is InChI=1S/C20H34O/c1-3-5-7-8-9-12-16-19(15-11-6-4-2)21-20-17-13-10-14-18-20/h10,13-14,17-19H,3-9,11-12,15-16H2,1-2H3. The summed E-state index contributed by atoms with van der Waals surface area (Å²) in [6.45, 7) is 4.54. The number of ether oxygens (including phenoxy) is 1. The van der Waals surface area contributed by atoms with Crippen LogP contribution < -0.4 is 4.74 Å². The zero-order valence-corrected chi connectivity index (χ0v) is 14.2. The van der Waals surface area contributed by atoms with Crippen molar-refractivity contribution in [2.24, 2.45) is 0 Å². The maximum Gasteiger partial charge on any atom is 0.119 e. The van der Waals surface area contributed by atoms with Crippen molar-refractivity contribution >= 4 is 0 Å². The van der Waals surface area contributed by atoms with Crippen LogP contribution in [0.2, 0.25) is 0 Å². The molecule has 120 valence electrons. The first-order valence-corrected chi connectivity index (χ1v) is 9.08. The minimum atomic E-state index is 0.408. The molecule has 0 fully saturated rings. The number of unbranched alkanes of at least 4 members (excludes halogenated alkanes) is 7. The number of hydrogen-bond donors (Lipinski definition) is 0. The van der Waals surface area contributed by atoms with Crippen LogP contribution in [0.1, 0.15) is 84.5 Å². The van der Waals surface area contributed by atoms with Crippen molar-refractivity contribution in [1.82, 2.24) is 0 Å². The molecule has 1 unspecified atom stereocenters. The second-order valence-corrected chi connectivity index (χ2v) is 6.11. The molecule has 0 saturated carbocycles. The smallest absolute Gasteiger partial charge is 0.119 e. The Morgan fingerprint density at radius 2 is 1.24 bits per heavy atom. The number of para-hydroxylation sites is 1. The van der Waals surface area contributed by atoms with E-state index >= 15 is 0 Å². The molecule has 1 atom stereocenters. The summed E-state index contributed by atoms with van der Waals surface area (Å²) in [4.78, 5) is 0. The number of hydrogen-bond acceptors (Lipinski definition) is 1. The largest absolute Gasteiger partial charge is 0.490 e. The third-order valence-electron chi connectivity index (χ3n) is 4.06. The predicted molar refractivity (Wildman–Crippen MR) is 93.0 cm³/mol. The average Bonchev–Trinajstić information content (AvgIpc) is 2.51. The highest BCUT2D eigenvalue weighted by atomic mass is 16.5. The van der Waals surface area contributed by atoms with Crippen LogP contribution in [0, 0.1) is 0 Å². The molecule has 0 saturated heterocycles. The van der Waals surface area contributed by atoms with Crippen molar-refractivity contribution in [3.8, 4) is 5.75 Å². The Morgan fingerprint density at radius 3 is 1.90 bits per heavy atom. The summed E-state index contributed by atoms with van der Waals surface area (Å²) in [5.74, 6) is 1.03. The van der Waals surface area contributed by atoms with Gasteiger partial charge in [0.15, 0.2) is 0 Å². The van der Waals surface area contributed by atoms with Crippen molar-refractivity contribution in [2.75, 3.05) is 0 Å². The van der Waals surface area contributed by atoms with E-state index in [0.29, 0.717) is 6.10 Å². The van der Waals surface area contributed by atoms with Gasteiger partial charge in [0.25, 0.3) is 0 Å². The molecule has 0 amide bonds. The first kappa shape index (κ1) is 18.1. The zero-order valence-electron chi connectivity index (χ0n) is 14.2. The SMILES string of the molecule is CCCCCCCCC(CCCCC)Oc1ccccc1. The normalized spacial score (nSPS) is 12.3. The Balaban J connectivity index is 2.27. The molecule has 0 aromatic heterocycles. The summed E-state index contributed by atoms with van der Waals surface area (Å²) in [6, 6.07) is 10.3. The van der Waals surface area contributed by atoms with Gasteiger partial charge < -0.3 is 4.74 Å². The van der Waals surface area contributed by atoms with Crippen LogP contribution in [-0.2, 0) is 0 Å². The molecule has 0 bridgehead atoms. The Kier molecular flexibility index (Phi) is 11.0. The predicted octanol–water partition coefficient (Wildman–Crippen LogP) is 6.76. The van der Waals surface area contributed by atoms with E-state index in [0.717, 1.165) is 5.75 Å². The monoisotopic (exact) mass is 290 g/mol. The Morgan fingerprint density at radius 1 is 0.714 bits per heavy atom. The molecule has 0 heterocycles. The minimum absolute atomic E-state index is 0.408. The number of rotatable bonds is 13. The van der Waals surface area contributed by atoms with Gasteiger partial charge in [0.05, 0.1) is 6.10 Å². The second kappa shape index (κ2) is 12.7. The van der Waals surface area contributed by atoms with Crippen LogP contribution in [0.25, 0.3) is 0 Å². The molecular weight excluding hydrogens is 256 g/mol. The first-order valence-electron chi connectivity index (χ1n) is 9.08. The van der Waals surface area contributed by atoms with Crippen LogP contribution in [0.15, 0.2) is 30.3 Å². The van der Waals surface area contributed by atoms with E-state index < -0.39 is 0 Å². The lowest BCUT2D eigenvalue weighted by atomic mass is 10.0. The molecular formula is C20H34O. The summed E-state index contributed by atoms with van der Waals surface area (Å²) in [5.41, 5.74) is 0. The van der Waals surface area contributed by atoms with Gasteiger partial charge in [0.2, 0.25) is 0 Å². The zero-order chi connectivity index (χ0) is 15.2. The molecule has 1 heteroatoms. The maximum absolute atomic E-state index is 6.19. The summed E-state index contributed by atoms with van der Waals surface area (Å²) in [6.07, 6.45) is 14.9. The van der Waals surface area contributed by atoms with Crippen molar-refractivity contribution in [2.45, 2.75) is 90.6 Å². The van der Waals surface area contributed by atoms with Crippen molar-refractivity contribution in [1.29, 1.82) is 0 Å². The van der Waals surface area contributed by atoms with Gasteiger partial charge >= 0.3 is 0 Å². The van der Waals surface area contributed by atoms with Crippen molar-refractivity contribution < 1.29 is 4.74 Å². The molecule has 0 aliphatic carbocycles. The summed E-state index contributed by atoms with van der Waals surface area (Å²) in [7, 11) is 0. The molecule has 21 heavy (non-hydrogen) atoms. The van der Waals surface area contributed by atoms with E-state index in [1.54, 1.807) is 0 Å². The lowest BCUT2D eigenvalue weighted by molar-refractivity contribution is 0.173. The highest BCUT2D eigenvalue weighted by Crippen LogP contribution is 2.19. The Labute approximate surface area is 132 Å². The van der Waals surface area contributed by atoms with Crippen LogP contribution in [0.4, 0.5) is 0 Å². The highest BCUT2D eigenvalue weighted by Gasteiger charge is 2.10. The average molecular weight is 290 g/mol. The molecule has 1 aromatic rings. The Bertz CT molecular complexity index is 320. The number of benzene rings is 1. The van der Waals surface area contributed by atoms with E-state index in [4.69, 9.17) is 4.74 Å². The van der Waals surface area contributed by atoms with Crippen LogP contribution in [0.3, 0.4) is 0 Å². The molecule has 0 N–H and O–H groups in total. The molecule has 0 aliphatic rings. The van der Waals surface area contributed by atoms with E-state index in [9.17, 15) is 0 Å². The second-order valence-electron chi connectivity index (χ2n) is 6.11. The topological polar surface area (TPSA) is 9.23 Å². The minimum Gasteiger partial charge on any atom is -0.490 e. The molecule has 0 spiro atoms. The summed E-state index contributed by atoms with van der Waals surface area (Å²) >= 11 is 0. The van der Waals surface area contributed by atoms with E-state index in [1.807, 2.05) is 6.07 Å². The fraction of sp³-hybridized carbons (Fsp3) is 0.700. The van der Waals surface area contributed by atoms with Gasteiger partial charge in [-0.2, -0.15) is 0 Å². The van der Waals surface area contributed by atoms with Gasteiger partial charge in [-0.15, -0.1) is 0 Å². The van der Waals surface area contributed by atoms with Gasteiger partial charge in [-0.1, -0.05) is 77.0 Å². The fourth-order valence-corrected chi connectivity index (χ4v) is 2.73. The molecule has 0 aliphatic heterocycles. The van der Waals surface area contributed by atoms with E-state index in [1.165, 1.54) is 70.6 Å². The van der Waals surface area contributed by atoms with E-state index in [-0.39, 0.29) is 0 Å². The first-order chi connectivity index (χ1) is 10.4. The Hall–Kier alpha value is -0.980. The van der Waals surface area contributed by atoms with Gasteiger partial charge in [0, 0.05) is 0 Å². The molecule has 1 aromatic carbocycles. The van der Waals surface area contributed by atoms with Gasteiger partial charge in [0.1, 0.15) is 5.75 Å². The van der Waals surface area contributed by atoms with Gasteiger partial charge in [-0.3, -0.25) is 0 Å². The summed E-state index contributed by atoms with van der Waals surface area (Å²) in [5, 5.41) is 0. The lowest BCUT2D eigenvalue weighted by Gasteiger charge is -2.19. The quantitative estimate of drug-likeness (QED) is 0.364. The molecule has 0 radical (unpaired) electrons. The van der Waals surface area contributed by atoms with Crippen molar-refractivity contribution in [3.63, 3.8) is 0 Å². The maximum atomic E-state index is 6.19. The highest BCUT2D eigenvalue weighted by molar-refractivity contribution is 5.21. The van der Waals surface area contributed by atoms with Crippen LogP contribution >= 0.6 is 0 Å². The van der Waals surface area contributed by atoms with Crippen molar-refractivity contribution in [3.05, 3.63) is 30.3 Å². The fourth-order valence-electron chi connectivity index (χ4n) is 2.73. The van der Waals surface area contributed by atoms with E-state index in [2.05, 4.69) is 38.1 Å². The third kappa shape index (κ3) is 9.55. The van der Waals surface area contributed by atoms with Gasteiger partial charge in [-0.25, -0.2) is 0 Å². The van der Waals surface area contributed by atoms with Gasteiger partial charge in [-0.05, 0) is 37.8 Å². The van der Waals surface area contributed by atoms with Crippen LogP contribution in [-0.4, -0.2) is 6.10 Å². The van der Waals surface area contributed by atoms with Crippen LogP contribution in [0.5, 0.6) is 5.75 Å². The molecule has 1 rings (SSSR count). The lowest BCUT2D eigenvalue weighted by Crippen LogP contribution is -2.16. The molecule has 1 nitrogen and oxygen atoms in total. The summed E-state index contributed by atoms with van der Waals surface area (Å²) < 4.78 is 6.19. The third-order valence-corrected chi connectivity index (χ3v) is 4.06.